The Hall–Kier alpha value is -1.88. The second-order valence-electron chi connectivity index (χ2n) is 4.38. The molecule has 0 saturated heterocycles. The predicted octanol–water partition coefficient (Wildman–Crippen LogP) is -1.57. The number of H-pyrrole nitrogens is 1. The van der Waals surface area contributed by atoms with E-state index in [0.29, 0.717) is 5.65 Å². The van der Waals surface area contributed by atoms with Crippen molar-refractivity contribution in [2.24, 2.45) is 7.05 Å². The summed E-state index contributed by atoms with van der Waals surface area (Å²) in [4.78, 5) is 15.1. The maximum Gasteiger partial charge on any atom is 0.352 e. The molecule has 0 bridgehead atoms. The van der Waals surface area contributed by atoms with Crippen molar-refractivity contribution in [2.75, 3.05) is 0 Å². The molecular formula is C14H14BrN3O. The van der Waals surface area contributed by atoms with Crippen molar-refractivity contribution in [1.29, 1.82) is 0 Å². The summed E-state index contributed by atoms with van der Waals surface area (Å²) >= 11 is 0. The van der Waals surface area contributed by atoms with Crippen LogP contribution >= 0.6 is 0 Å². The largest absolute Gasteiger partial charge is 1.00 e. The van der Waals surface area contributed by atoms with Crippen LogP contribution in [0.5, 0.6) is 0 Å². The van der Waals surface area contributed by atoms with Gasteiger partial charge in [-0.2, -0.15) is 4.40 Å². The molecule has 2 aromatic heterocycles. The van der Waals surface area contributed by atoms with E-state index in [0.717, 1.165) is 17.0 Å². The van der Waals surface area contributed by atoms with Gasteiger partial charge in [-0.1, -0.05) is 30.3 Å². The topological polar surface area (TPSA) is 41.1 Å². The highest BCUT2D eigenvalue weighted by molar-refractivity contribution is 5.62. The summed E-state index contributed by atoms with van der Waals surface area (Å²) in [5.41, 5.74) is 3.48. The number of halogens is 1. The molecule has 2 heterocycles. The van der Waals surface area contributed by atoms with E-state index in [4.69, 9.17) is 0 Å². The lowest BCUT2D eigenvalue weighted by Gasteiger charge is -2.04. The summed E-state index contributed by atoms with van der Waals surface area (Å²) in [5.74, 6) is 0. The lowest BCUT2D eigenvalue weighted by Crippen LogP contribution is -3.00. The number of fused-ring (bicyclic) bond motifs is 1. The zero-order valence-electron chi connectivity index (χ0n) is 10.7. The normalized spacial score (nSPS) is 10.4. The van der Waals surface area contributed by atoms with Crippen LogP contribution in [0.1, 0.15) is 5.69 Å². The molecule has 0 spiro atoms. The standard InChI is InChI=1S/C14H13N3O.BrH/c1-10-12(11-6-4-3-5-7-11)15-13(18)14-16(2)8-9-17(10)14;/h3-9H,1-2H3;1H. The summed E-state index contributed by atoms with van der Waals surface area (Å²) in [6.45, 7) is 2.01. The fraction of sp³-hybridized carbons (Fsp3) is 0.143. The smallest absolute Gasteiger partial charge is 0.352 e. The Morgan fingerprint density at radius 3 is 2.58 bits per heavy atom. The third-order valence-electron chi connectivity index (χ3n) is 3.23. The van der Waals surface area contributed by atoms with Crippen LogP contribution in [-0.4, -0.2) is 9.38 Å². The Bertz CT molecular complexity index is 774. The third kappa shape index (κ3) is 2.10. The van der Waals surface area contributed by atoms with Crippen LogP contribution in [0.4, 0.5) is 0 Å². The minimum atomic E-state index is -0.0769. The van der Waals surface area contributed by atoms with Gasteiger partial charge in [0, 0.05) is 12.5 Å². The maximum absolute atomic E-state index is 12.1. The van der Waals surface area contributed by atoms with Gasteiger partial charge >= 0.3 is 11.2 Å². The van der Waals surface area contributed by atoms with Gasteiger partial charge in [-0.3, -0.25) is 4.79 Å². The molecule has 3 rings (SSSR count). The minimum absolute atomic E-state index is 0. The number of aryl methyl sites for hydroxylation is 2. The highest BCUT2D eigenvalue weighted by atomic mass is 79.9. The molecule has 0 saturated carbocycles. The fourth-order valence-electron chi connectivity index (χ4n) is 2.28. The highest BCUT2D eigenvalue weighted by Gasteiger charge is 2.17. The number of hydrogen-bond donors (Lipinski definition) is 1. The number of hydrogen-bond acceptors (Lipinski definition) is 1. The number of imidazole rings is 1. The Morgan fingerprint density at radius 1 is 1.21 bits per heavy atom. The second kappa shape index (κ2) is 5.01. The number of nitrogens with one attached hydrogen (secondary N) is 1. The number of aromatic amines is 1. The summed E-state index contributed by atoms with van der Waals surface area (Å²) in [6, 6.07) is 9.88. The predicted molar refractivity (Wildman–Crippen MR) is 69.4 cm³/mol. The molecule has 3 aromatic rings. The van der Waals surface area contributed by atoms with Crippen molar-refractivity contribution in [3.05, 3.63) is 58.8 Å². The fourth-order valence-corrected chi connectivity index (χ4v) is 2.28. The van der Waals surface area contributed by atoms with Gasteiger partial charge in [-0.25, -0.2) is 4.57 Å². The van der Waals surface area contributed by atoms with E-state index in [9.17, 15) is 4.79 Å². The SMILES string of the molecule is Cc1c(-c2ccccc2)[nH]c(=O)c2n1cc[n+]2C.[Br-]. The molecule has 0 aliphatic carbocycles. The first kappa shape index (κ1) is 13.5. The van der Waals surface area contributed by atoms with Gasteiger partial charge < -0.3 is 22.0 Å². The molecule has 98 valence electrons. The van der Waals surface area contributed by atoms with Crippen LogP contribution in [-0.2, 0) is 7.05 Å². The quantitative estimate of drug-likeness (QED) is 0.541. The molecule has 0 unspecified atom stereocenters. The Balaban J connectivity index is 0.00000133. The van der Waals surface area contributed by atoms with E-state index in [1.54, 1.807) is 0 Å². The van der Waals surface area contributed by atoms with Gasteiger partial charge in [0.2, 0.25) is 0 Å². The zero-order chi connectivity index (χ0) is 12.7. The molecular weight excluding hydrogens is 306 g/mol. The third-order valence-corrected chi connectivity index (χ3v) is 3.23. The number of rotatable bonds is 1. The van der Waals surface area contributed by atoms with E-state index in [2.05, 4.69) is 4.98 Å². The molecule has 0 fully saturated rings. The zero-order valence-corrected chi connectivity index (χ0v) is 12.3. The number of benzene rings is 1. The van der Waals surface area contributed by atoms with E-state index >= 15 is 0 Å². The van der Waals surface area contributed by atoms with Gasteiger partial charge in [-0.05, 0) is 0 Å². The summed E-state index contributed by atoms with van der Waals surface area (Å²) in [5, 5.41) is 0. The second-order valence-corrected chi connectivity index (χ2v) is 4.38. The van der Waals surface area contributed by atoms with E-state index in [1.807, 2.05) is 65.7 Å². The van der Waals surface area contributed by atoms with Gasteiger partial charge in [0.25, 0.3) is 0 Å². The molecule has 1 aromatic carbocycles. The lowest BCUT2D eigenvalue weighted by atomic mass is 10.1. The van der Waals surface area contributed by atoms with Gasteiger partial charge in [0.15, 0.2) is 0 Å². The van der Waals surface area contributed by atoms with Crippen molar-refractivity contribution in [3.8, 4) is 11.3 Å². The van der Waals surface area contributed by atoms with Crippen molar-refractivity contribution in [1.82, 2.24) is 9.38 Å². The maximum atomic E-state index is 12.1. The molecule has 0 amide bonds. The monoisotopic (exact) mass is 319 g/mol. The van der Waals surface area contributed by atoms with Crippen LogP contribution < -0.4 is 27.1 Å². The minimum Gasteiger partial charge on any atom is -1.00 e. The van der Waals surface area contributed by atoms with Gasteiger partial charge in [0.05, 0.1) is 12.7 Å². The molecule has 0 aliphatic rings. The molecule has 0 atom stereocenters. The molecule has 4 nitrogen and oxygen atoms in total. The van der Waals surface area contributed by atoms with E-state index in [1.165, 1.54) is 0 Å². The Labute approximate surface area is 121 Å². The van der Waals surface area contributed by atoms with Gasteiger partial charge in [0.1, 0.15) is 18.1 Å². The first-order valence-corrected chi connectivity index (χ1v) is 5.83. The van der Waals surface area contributed by atoms with E-state index in [-0.39, 0.29) is 22.5 Å². The summed E-state index contributed by atoms with van der Waals surface area (Å²) in [7, 11) is 1.87. The Kier molecular flexibility index (Phi) is 3.57. The molecule has 19 heavy (non-hydrogen) atoms. The molecule has 5 heteroatoms. The Morgan fingerprint density at radius 2 is 1.89 bits per heavy atom. The average molecular weight is 320 g/mol. The lowest BCUT2D eigenvalue weighted by molar-refractivity contribution is -0.645. The van der Waals surface area contributed by atoms with Crippen molar-refractivity contribution < 1.29 is 21.5 Å². The van der Waals surface area contributed by atoms with Gasteiger partial charge in [-0.15, -0.1) is 0 Å². The highest BCUT2D eigenvalue weighted by Crippen LogP contribution is 2.19. The molecule has 0 aliphatic heterocycles. The van der Waals surface area contributed by atoms with Crippen LogP contribution in [0.3, 0.4) is 0 Å². The first-order valence-electron chi connectivity index (χ1n) is 5.83. The van der Waals surface area contributed by atoms with Crippen LogP contribution in [0.25, 0.3) is 16.9 Å². The van der Waals surface area contributed by atoms with Crippen LogP contribution in [0, 0.1) is 6.92 Å². The average Bonchev–Trinajstić information content (AvgIpc) is 2.78. The van der Waals surface area contributed by atoms with Crippen LogP contribution in [0.2, 0.25) is 0 Å². The van der Waals surface area contributed by atoms with Crippen molar-refractivity contribution in [3.63, 3.8) is 0 Å². The molecule has 0 radical (unpaired) electrons. The summed E-state index contributed by atoms with van der Waals surface area (Å²) < 4.78 is 3.74. The first-order chi connectivity index (χ1) is 8.68. The van der Waals surface area contributed by atoms with E-state index < -0.39 is 0 Å². The van der Waals surface area contributed by atoms with Crippen molar-refractivity contribution in [2.45, 2.75) is 6.92 Å². The molecule has 1 N–H and O–H groups in total. The van der Waals surface area contributed by atoms with Crippen molar-refractivity contribution >= 4 is 5.65 Å². The number of aromatic nitrogens is 3. The summed E-state index contributed by atoms with van der Waals surface area (Å²) in [6.07, 6.45) is 3.79. The van der Waals surface area contributed by atoms with Crippen LogP contribution in [0.15, 0.2) is 47.5 Å². The number of nitrogens with zero attached hydrogens (tertiary/aromatic N) is 2.